The number of hydrogen-bond acceptors (Lipinski definition) is 4. The summed E-state index contributed by atoms with van der Waals surface area (Å²) < 4.78 is 23.1. The van der Waals surface area contributed by atoms with E-state index < -0.39 is 9.84 Å². The van der Waals surface area contributed by atoms with E-state index in [0.717, 1.165) is 38.1 Å². The molecule has 25 heavy (non-hydrogen) atoms. The second-order valence-corrected chi connectivity index (χ2v) is 9.36. The SMILES string of the molecule is CCNC(=NCCCN(C)C1CCCCC1)NC1CCS(=O)(=O)C1.I. The van der Waals surface area contributed by atoms with Crippen LogP contribution in [0.2, 0.25) is 0 Å². The van der Waals surface area contributed by atoms with Gasteiger partial charge in [-0.05, 0) is 46.2 Å². The number of sulfone groups is 1. The Labute approximate surface area is 170 Å². The molecule has 0 bridgehead atoms. The average molecular weight is 486 g/mol. The second kappa shape index (κ2) is 11.6. The van der Waals surface area contributed by atoms with Gasteiger partial charge in [0, 0.05) is 25.2 Å². The van der Waals surface area contributed by atoms with Gasteiger partial charge < -0.3 is 15.5 Å². The molecule has 8 heteroatoms. The maximum Gasteiger partial charge on any atom is 0.191 e. The Morgan fingerprint density at radius 3 is 2.52 bits per heavy atom. The van der Waals surface area contributed by atoms with Gasteiger partial charge in [0.2, 0.25) is 0 Å². The van der Waals surface area contributed by atoms with Crippen molar-refractivity contribution in [3.8, 4) is 0 Å². The summed E-state index contributed by atoms with van der Waals surface area (Å²) in [5, 5.41) is 6.49. The summed E-state index contributed by atoms with van der Waals surface area (Å²) in [6, 6.07) is 0.746. The third kappa shape index (κ3) is 8.43. The molecule has 148 valence electrons. The molecule has 1 aliphatic heterocycles. The zero-order chi connectivity index (χ0) is 17.4. The Kier molecular flexibility index (Phi) is 10.6. The summed E-state index contributed by atoms with van der Waals surface area (Å²) >= 11 is 0. The van der Waals surface area contributed by atoms with Gasteiger partial charge in [-0.2, -0.15) is 0 Å². The number of hydrogen-bond donors (Lipinski definition) is 2. The minimum absolute atomic E-state index is 0. The van der Waals surface area contributed by atoms with Gasteiger partial charge in [-0.25, -0.2) is 8.42 Å². The highest BCUT2D eigenvalue weighted by molar-refractivity contribution is 14.0. The maximum atomic E-state index is 11.6. The predicted molar refractivity (Wildman–Crippen MR) is 116 cm³/mol. The lowest BCUT2D eigenvalue weighted by molar-refractivity contribution is 0.191. The molecule has 0 spiro atoms. The van der Waals surface area contributed by atoms with Crippen molar-refractivity contribution in [3.05, 3.63) is 0 Å². The lowest BCUT2D eigenvalue weighted by Crippen LogP contribution is -2.44. The standard InChI is InChI=1S/C17H34N4O2S.HI/c1-3-18-17(20-15-10-13-24(22,23)14-15)19-11-7-12-21(2)16-8-5-4-6-9-16;/h15-16H,3-14H2,1-2H3,(H2,18,19,20);1H. The first-order valence-electron chi connectivity index (χ1n) is 9.45. The highest BCUT2D eigenvalue weighted by Gasteiger charge is 2.28. The number of guanidine groups is 1. The van der Waals surface area contributed by atoms with Crippen LogP contribution in [0, 0.1) is 0 Å². The van der Waals surface area contributed by atoms with Gasteiger partial charge in [0.25, 0.3) is 0 Å². The Morgan fingerprint density at radius 2 is 1.92 bits per heavy atom. The summed E-state index contributed by atoms with van der Waals surface area (Å²) in [6.07, 6.45) is 8.51. The molecule has 2 fully saturated rings. The molecule has 2 N–H and O–H groups in total. The third-order valence-electron chi connectivity index (χ3n) is 5.05. The first kappa shape index (κ1) is 23.0. The van der Waals surface area contributed by atoms with Crippen LogP contribution in [-0.4, -0.2) is 69.5 Å². The van der Waals surface area contributed by atoms with Crippen molar-refractivity contribution in [2.24, 2.45) is 4.99 Å². The van der Waals surface area contributed by atoms with Crippen LogP contribution in [0.25, 0.3) is 0 Å². The van der Waals surface area contributed by atoms with Gasteiger partial charge in [-0.15, -0.1) is 24.0 Å². The van der Waals surface area contributed by atoms with Crippen molar-refractivity contribution in [1.29, 1.82) is 0 Å². The van der Waals surface area contributed by atoms with E-state index in [1.807, 2.05) is 6.92 Å². The summed E-state index contributed by atoms with van der Waals surface area (Å²) in [7, 11) is -0.628. The molecule has 1 unspecified atom stereocenters. The maximum absolute atomic E-state index is 11.6. The molecule has 2 rings (SSSR count). The molecular formula is C17H35IN4O2S. The van der Waals surface area contributed by atoms with E-state index in [0.29, 0.717) is 6.42 Å². The van der Waals surface area contributed by atoms with Crippen molar-refractivity contribution in [3.63, 3.8) is 0 Å². The molecule has 6 nitrogen and oxygen atoms in total. The van der Waals surface area contributed by atoms with Crippen LogP contribution in [0.4, 0.5) is 0 Å². The molecule has 0 radical (unpaired) electrons. The molecule has 1 aliphatic carbocycles. The van der Waals surface area contributed by atoms with E-state index in [2.05, 4.69) is 27.6 Å². The first-order chi connectivity index (χ1) is 11.5. The minimum atomic E-state index is -2.86. The number of nitrogens with zero attached hydrogens (tertiary/aromatic N) is 2. The molecule has 2 aliphatic rings. The van der Waals surface area contributed by atoms with E-state index in [9.17, 15) is 8.42 Å². The van der Waals surface area contributed by atoms with E-state index >= 15 is 0 Å². The van der Waals surface area contributed by atoms with E-state index in [4.69, 9.17) is 0 Å². The molecule has 0 aromatic carbocycles. The van der Waals surface area contributed by atoms with Crippen LogP contribution < -0.4 is 10.6 Å². The number of nitrogens with one attached hydrogen (secondary N) is 2. The monoisotopic (exact) mass is 486 g/mol. The predicted octanol–water partition coefficient (Wildman–Crippen LogP) is 2.00. The Bertz CT molecular complexity index is 507. The summed E-state index contributed by atoms with van der Waals surface area (Å²) in [5.74, 6) is 1.26. The molecular weight excluding hydrogens is 451 g/mol. The van der Waals surface area contributed by atoms with Crippen LogP contribution >= 0.6 is 24.0 Å². The van der Waals surface area contributed by atoms with E-state index in [1.165, 1.54) is 32.1 Å². The molecule has 0 aromatic rings. The normalized spacial score (nSPS) is 24.1. The number of rotatable bonds is 7. The third-order valence-corrected chi connectivity index (χ3v) is 6.82. The van der Waals surface area contributed by atoms with Crippen LogP contribution in [-0.2, 0) is 9.84 Å². The Hall–Kier alpha value is -0.0900. The Balaban J connectivity index is 0.00000312. The van der Waals surface area contributed by atoms with Crippen molar-refractivity contribution in [2.45, 2.75) is 64.0 Å². The average Bonchev–Trinajstić information content (AvgIpc) is 2.91. The smallest absolute Gasteiger partial charge is 0.191 e. The van der Waals surface area contributed by atoms with Gasteiger partial charge >= 0.3 is 0 Å². The van der Waals surface area contributed by atoms with Crippen molar-refractivity contribution >= 4 is 39.8 Å². The largest absolute Gasteiger partial charge is 0.357 e. The minimum Gasteiger partial charge on any atom is -0.357 e. The molecule has 0 amide bonds. The molecule has 1 heterocycles. The van der Waals surface area contributed by atoms with E-state index in [1.54, 1.807) is 0 Å². The fourth-order valence-electron chi connectivity index (χ4n) is 3.64. The second-order valence-electron chi connectivity index (χ2n) is 7.13. The van der Waals surface area contributed by atoms with Crippen molar-refractivity contribution < 1.29 is 8.42 Å². The van der Waals surface area contributed by atoms with Gasteiger partial charge in [-0.3, -0.25) is 4.99 Å². The van der Waals surface area contributed by atoms with Crippen LogP contribution in [0.5, 0.6) is 0 Å². The Morgan fingerprint density at radius 1 is 1.20 bits per heavy atom. The topological polar surface area (TPSA) is 73.8 Å². The molecule has 1 saturated heterocycles. The highest BCUT2D eigenvalue weighted by Crippen LogP contribution is 2.21. The van der Waals surface area contributed by atoms with Gasteiger partial charge in [0.05, 0.1) is 11.5 Å². The lowest BCUT2D eigenvalue weighted by Gasteiger charge is -2.31. The quantitative estimate of drug-likeness (QED) is 0.249. The first-order valence-corrected chi connectivity index (χ1v) is 11.3. The van der Waals surface area contributed by atoms with Crippen molar-refractivity contribution in [2.75, 3.05) is 38.2 Å². The van der Waals surface area contributed by atoms with Gasteiger partial charge in [-0.1, -0.05) is 19.3 Å². The lowest BCUT2D eigenvalue weighted by atomic mass is 9.94. The summed E-state index contributed by atoms with van der Waals surface area (Å²) in [6.45, 7) is 4.66. The fourth-order valence-corrected chi connectivity index (χ4v) is 5.31. The van der Waals surface area contributed by atoms with Gasteiger partial charge in [0.15, 0.2) is 15.8 Å². The summed E-state index contributed by atoms with van der Waals surface area (Å²) in [4.78, 5) is 7.10. The fraction of sp³-hybridized carbons (Fsp3) is 0.941. The zero-order valence-corrected chi connectivity index (χ0v) is 18.8. The molecule has 0 aromatic heterocycles. The van der Waals surface area contributed by atoms with Gasteiger partial charge in [0.1, 0.15) is 0 Å². The number of halogens is 1. The van der Waals surface area contributed by atoms with Crippen LogP contribution in [0.1, 0.15) is 51.9 Å². The number of aliphatic imine (C=N–C) groups is 1. The molecule has 1 saturated carbocycles. The van der Waals surface area contributed by atoms with Crippen molar-refractivity contribution in [1.82, 2.24) is 15.5 Å². The highest BCUT2D eigenvalue weighted by atomic mass is 127. The summed E-state index contributed by atoms with van der Waals surface area (Å²) in [5.41, 5.74) is 0. The van der Waals surface area contributed by atoms with E-state index in [-0.39, 0.29) is 41.5 Å². The van der Waals surface area contributed by atoms with Crippen LogP contribution in [0.3, 0.4) is 0 Å². The van der Waals surface area contributed by atoms with Crippen LogP contribution in [0.15, 0.2) is 4.99 Å². The molecule has 1 atom stereocenters. The zero-order valence-electron chi connectivity index (χ0n) is 15.7.